The lowest BCUT2D eigenvalue weighted by Gasteiger charge is -2.52. The molecule has 1 spiro atoms. The Hall–Kier alpha value is -2.35. The highest BCUT2D eigenvalue weighted by Crippen LogP contribution is 2.52. The van der Waals surface area contributed by atoms with Gasteiger partial charge in [0.05, 0.1) is 24.3 Å². The van der Waals surface area contributed by atoms with Crippen LogP contribution in [-0.2, 0) is 16.0 Å². The molecule has 0 aromatic carbocycles. The Kier molecular flexibility index (Phi) is 6.57. The predicted octanol–water partition coefficient (Wildman–Crippen LogP) is 3.83. The second-order valence-corrected chi connectivity index (χ2v) is 11.3. The van der Waals surface area contributed by atoms with Crippen LogP contribution >= 0.6 is 0 Å². The number of aromatic nitrogens is 1. The number of likely N-dealkylation sites (tertiary alicyclic amines) is 1. The molecule has 188 valence electrons. The summed E-state index contributed by atoms with van der Waals surface area (Å²) in [6.07, 6.45) is 6.98. The van der Waals surface area contributed by atoms with Gasteiger partial charge in [0.15, 0.2) is 0 Å². The number of hydrogen-bond acceptors (Lipinski definition) is 6. The highest BCUT2D eigenvalue weighted by atomic mass is 16.6. The first-order chi connectivity index (χ1) is 16.0. The van der Waals surface area contributed by atoms with Crippen molar-refractivity contribution in [2.75, 3.05) is 19.7 Å². The van der Waals surface area contributed by atoms with Gasteiger partial charge in [0.2, 0.25) is 0 Å². The molecule has 1 saturated heterocycles. The van der Waals surface area contributed by atoms with Gasteiger partial charge in [-0.15, -0.1) is 0 Å². The smallest absolute Gasteiger partial charge is 0.410 e. The Bertz CT molecular complexity index is 1000. The highest BCUT2D eigenvalue weighted by molar-refractivity contribution is 5.91. The third-order valence-electron chi connectivity index (χ3n) is 7.59. The summed E-state index contributed by atoms with van der Waals surface area (Å²) in [5.41, 5.74) is -1.32. The van der Waals surface area contributed by atoms with Crippen molar-refractivity contribution in [3.8, 4) is 0 Å². The fourth-order valence-electron chi connectivity index (χ4n) is 5.69. The van der Waals surface area contributed by atoms with E-state index in [1.807, 2.05) is 20.8 Å². The Balaban J connectivity index is 1.63. The third kappa shape index (κ3) is 4.88. The minimum absolute atomic E-state index is 0.0886. The molecule has 1 N–H and O–H groups in total. The van der Waals surface area contributed by atoms with E-state index in [1.165, 1.54) is 4.57 Å². The van der Waals surface area contributed by atoms with Gasteiger partial charge in [0.25, 0.3) is 5.56 Å². The zero-order valence-corrected chi connectivity index (χ0v) is 20.9. The molecule has 2 aliphatic carbocycles. The van der Waals surface area contributed by atoms with Crippen LogP contribution in [0.25, 0.3) is 0 Å². The summed E-state index contributed by atoms with van der Waals surface area (Å²) in [6.45, 7) is 8.39. The summed E-state index contributed by atoms with van der Waals surface area (Å²) in [5, 5.41) is 12.0. The van der Waals surface area contributed by atoms with E-state index in [4.69, 9.17) is 9.47 Å². The first kappa shape index (κ1) is 24.8. The first-order valence-electron chi connectivity index (χ1n) is 12.6. The summed E-state index contributed by atoms with van der Waals surface area (Å²) < 4.78 is 12.3. The van der Waals surface area contributed by atoms with Gasteiger partial charge in [-0.05, 0) is 71.3 Å². The van der Waals surface area contributed by atoms with Crippen molar-refractivity contribution in [1.29, 1.82) is 0 Å². The molecule has 1 aromatic heterocycles. The molecule has 0 bridgehead atoms. The van der Waals surface area contributed by atoms with Gasteiger partial charge < -0.3 is 24.0 Å². The average Bonchev–Trinajstić information content (AvgIpc) is 3.48. The van der Waals surface area contributed by atoms with Gasteiger partial charge in [-0.1, -0.05) is 12.8 Å². The average molecular weight is 475 g/mol. The molecule has 1 atom stereocenters. The number of hydrogen-bond donors (Lipinski definition) is 1. The molecular formula is C26H38N2O6. The number of nitrogens with zero attached hydrogens (tertiary/aromatic N) is 2. The van der Waals surface area contributed by atoms with Crippen molar-refractivity contribution in [3.05, 3.63) is 33.7 Å². The van der Waals surface area contributed by atoms with Crippen LogP contribution in [0.4, 0.5) is 4.79 Å². The van der Waals surface area contributed by atoms with Crippen LogP contribution in [0, 0.1) is 5.41 Å². The molecule has 8 heteroatoms. The van der Waals surface area contributed by atoms with E-state index in [0.717, 1.165) is 44.1 Å². The molecule has 0 radical (unpaired) electrons. The Labute approximate surface area is 201 Å². The summed E-state index contributed by atoms with van der Waals surface area (Å²) in [5.74, 6) is -0.205. The minimum Gasteiger partial charge on any atom is -0.462 e. The number of rotatable bonds is 5. The molecule has 1 aromatic rings. The Morgan fingerprint density at radius 1 is 1.18 bits per heavy atom. The molecule has 3 fully saturated rings. The molecule has 4 rings (SSSR count). The quantitative estimate of drug-likeness (QED) is 0.651. The van der Waals surface area contributed by atoms with Crippen LogP contribution in [0.5, 0.6) is 0 Å². The molecule has 1 aliphatic heterocycles. The number of piperidine rings is 1. The van der Waals surface area contributed by atoms with Crippen molar-refractivity contribution < 1.29 is 24.2 Å². The van der Waals surface area contributed by atoms with E-state index in [0.29, 0.717) is 25.1 Å². The Morgan fingerprint density at radius 2 is 1.85 bits per heavy atom. The molecule has 8 nitrogen and oxygen atoms in total. The van der Waals surface area contributed by atoms with Crippen LogP contribution in [0.1, 0.15) is 94.5 Å². The summed E-state index contributed by atoms with van der Waals surface area (Å²) in [4.78, 5) is 40.2. The predicted molar refractivity (Wildman–Crippen MR) is 127 cm³/mol. The molecule has 2 heterocycles. The van der Waals surface area contributed by atoms with E-state index in [-0.39, 0.29) is 30.7 Å². The fraction of sp³-hybridized carbons (Fsp3) is 0.731. The van der Waals surface area contributed by atoms with Gasteiger partial charge in [0, 0.05) is 30.8 Å². The van der Waals surface area contributed by atoms with Crippen molar-refractivity contribution in [2.45, 2.75) is 96.3 Å². The van der Waals surface area contributed by atoms with Crippen LogP contribution in [0.15, 0.2) is 17.1 Å². The minimum atomic E-state index is -1.17. The zero-order valence-electron chi connectivity index (χ0n) is 20.9. The summed E-state index contributed by atoms with van der Waals surface area (Å²) in [6, 6.07) is 1.55. The second-order valence-electron chi connectivity index (χ2n) is 11.3. The maximum Gasteiger partial charge on any atom is 0.410 e. The van der Waals surface area contributed by atoms with E-state index >= 15 is 0 Å². The molecular weight excluding hydrogens is 436 g/mol. The van der Waals surface area contributed by atoms with Crippen molar-refractivity contribution in [2.24, 2.45) is 5.41 Å². The topological polar surface area (TPSA) is 98.1 Å². The second kappa shape index (κ2) is 9.02. The number of esters is 1. The third-order valence-corrected chi connectivity index (χ3v) is 7.59. The fourth-order valence-corrected chi connectivity index (χ4v) is 5.69. The number of ether oxygens (including phenoxy) is 2. The molecule has 0 unspecified atom stereocenters. The lowest BCUT2D eigenvalue weighted by Crippen LogP contribution is -2.62. The number of amides is 1. The number of carbonyl (C=O) groups excluding carboxylic acids is 2. The Morgan fingerprint density at radius 3 is 2.44 bits per heavy atom. The van der Waals surface area contributed by atoms with E-state index in [1.54, 1.807) is 24.1 Å². The van der Waals surface area contributed by atoms with E-state index < -0.39 is 22.6 Å². The first-order valence-corrected chi connectivity index (χ1v) is 12.6. The number of carbonyl (C=O) groups is 2. The lowest BCUT2D eigenvalue weighted by molar-refractivity contribution is -0.140. The maximum atomic E-state index is 13.1. The van der Waals surface area contributed by atoms with E-state index in [2.05, 4.69) is 0 Å². The standard InChI is InChI=1S/C26H38N2O6/c1-5-33-22(30)20-15-28(21(29)14-19(20)18-8-9-18)17-26(32)12-13-27(23(31)34-24(2,3)4)16-25(26)10-6-7-11-25/h14-15,18,32H,5-13,16-17H2,1-4H3/t26-/m1/s1. The SMILES string of the molecule is CCOC(=O)c1cn(C[C@]2(O)CCN(C(=O)OC(C)(C)C)CC23CCCC3)c(=O)cc1C1CC1. The number of aliphatic hydroxyl groups is 1. The molecule has 3 aliphatic rings. The molecule has 2 saturated carbocycles. The van der Waals surface area contributed by atoms with Crippen LogP contribution < -0.4 is 5.56 Å². The summed E-state index contributed by atoms with van der Waals surface area (Å²) in [7, 11) is 0. The van der Waals surface area contributed by atoms with E-state index in [9.17, 15) is 19.5 Å². The normalized spacial score (nSPS) is 24.3. The van der Waals surface area contributed by atoms with Gasteiger partial charge in [-0.3, -0.25) is 4.79 Å². The number of pyridine rings is 1. The summed E-state index contributed by atoms with van der Waals surface area (Å²) >= 11 is 0. The van der Waals surface area contributed by atoms with Gasteiger partial charge in [0.1, 0.15) is 5.60 Å². The lowest BCUT2D eigenvalue weighted by atomic mass is 9.66. The van der Waals surface area contributed by atoms with Gasteiger partial charge >= 0.3 is 12.1 Å². The van der Waals surface area contributed by atoms with Crippen molar-refractivity contribution in [1.82, 2.24) is 9.47 Å². The van der Waals surface area contributed by atoms with Gasteiger partial charge in [-0.25, -0.2) is 9.59 Å². The van der Waals surface area contributed by atoms with Crippen LogP contribution in [0.2, 0.25) is 0 Å². The highest BCUT2D eigenvalue weighted by Gasteiger charge is 2.56. The van der Waals surface area contributed by atoms with Gasteiger partial charge in [-0.2, -0.15) is 0 Å². The zero-order chi connectivity index (χ0) is 24.7. The van der Waals surface area contributed by atoms with Crippen molar-refractivity contribution >= 4 is 12.1 Å². The maximum absolute atomic E-state index is 13.1. The van der Waals surface area contributed by atoms with Crippen LogP contribution in [0.3, 0.4) is 0 Å². The monoisotopic (exact) mass is 474 g/mol. The largest absolute Gasteiger partial charge is 0.462 e. The molecule has 1 amide bonds. The van der Waals surface area contributed by atoms with Crippen molar-refractivity contribution in [3.63, 3.8) is 0 Å². The molecule has 34 heavy (non-hydrogen) atoms. The van der Waals surface area contributed by atoms with Crippen LogP contribution in [-0.4, -0.2) is 57.5 Å².